The molecule has 27 heavy (non-hydrogen) atoms. The van der Waals surface area contributed by atoms with Gasteiger partial charge in [0.1, 0.15) is 23.9 Å². The van der Waals surface area contributed by atoms with Crippen molar-refractivity contribution in [2.75, 3.05) is 26.3 Å². The summed E-state index contributed by atoms with van der Waals surface area (Å²) >= 11 is 0. The van der Waals surface area contributed by atoms with Gasteiger partial charge in [-0.3, -0.25) is 4.79 Å². The summed E-state index contributed by atoms with van der Waals surface area (Å²) < 4.78 is 24.6. The van der Waals surface area contributed by atoms with Crippen LogP contribution in [0.2, 0.25) is 0 Å². The van der Waals surface area contributed by atoms with Gasteiger partial charge >= 0.3 is 0 Å². The van der Waals surface area contributed by atoms with Crippen LogP contribution < -0.4 is 14.8 Å². The summed E-state index contributed by atoms with van der Waals surface area (Å²) in [6.45, 7) is 2.39. The van der Waals surface area contributed by atoms with Crippen LogP contribution in [-0.2, 0) is 6.42 Å². The summed E-state index contributed by atoms with van der Waals surface area (Å²) in [6.07, 6.45) is 3.16. The van der Waals surface area contributed by atoms with Crippen molar-refractivity contribution in [1.82, 2.24) is 10.3 Å². The zero-order valence-electron chi connectivity index (χ0n) is 14.9. The minimum Gasteiger partial charge on any atom is -0.492 e. The van der Waals surface area contributed by atoms with Crippen LogP contribution in [0.5, 0.6) is 11.5 Å². The number of benzene rings is 2. The molecular formula is C21H21FN2O3. The highest BCUT2D eigenvalue weighted by atomic mass is 19.1. The molecule has 0 bridgehead atoms. The largest absolute Gasteiger partial charge is 0.492 e. The van der Waals surface area contributed by atoms with Gasteiger partial charge in [0, 0.05) is 36.1 Å². The molecule has 0 radical (unpaired) electrons. The van der Waals surface area contributed by atoms with Crippen LogP contribution in [0.1, 0.15) is 22.3 Å². The van der Waals surface area contributed by atoms with E-state index in [0.29, 0.717) is 43.2 Å². The van der Waals surface area contributed by atoms with Gasteiger partial charge in [0.2, 0.25) is 0 Å². The van der Waals surface area contributed by atoms with Gasteiger partial charge in [-0.15, -0.1) is 0 Å². The van der Waals surface area contributed by atoms with Crippen LogP contribution in [-0.4, -0.2) is 37.1 Å². The van der Waals surface area contributed by atoms with Gasteiger partial charge in [0.25, 0.3) is 0 Å². The predicted octanol–water partition coefficient (Wildman–Crippen LogP) is 3.48. The normalized spacial score (nSPS) is 13.4. The Balaban J connectivity index is 1.23. The van der Waals surface area contributed by atoms with Crippen molar-refractivity contribution < 1.29 is 18.7 Å². The van der Waals surface area contributed by atoms with Crippen LogP contribution in [0, 0.1) is 5.82 Å². The lowest BCUT2D eigenvalue weighted by atomic mass is 10.1. The standard InChI is InChI=1S/C21H21FN2O3/c22-15-1-4-19-18(11-15)14(13-24-19)5-7-23-8-10-26-16-2-3-17-20(25)6-9-27-21(17)12-16/h1-4,11-13,23-24H,5-10H2. The van der Waals surface area contributed by atoms with Gasteiger partial charge in [0.05, 0.1) is 12.2 Å². The summed E-state index contributed by atoms with van der Waals surface area (Å²) in [5.74, 6) is 1.18. The highest BCUT2D eigenvalue weighted by Gasteiger charge is 2.18. The number of fused-ring (bicyclic) bond motifs is 2. The molecule has 0 atom stereocenters. The molecule has 6 heteroatoms. The quantitative estimate of drug-likeness (QED) is 0.627. The number of rotatable bonds is 7. The Hall–Kier alpha value is -2.86. The molecule has 2 heterocycles. The van der Waals surface area contributed by atoms with E-state index < -0.39 is 0 Å². The lowest BCUT2D eigenvalue weighted by Gasteiger charge is -2.17. The number of hydrogen-bond donors (Lipinski definition) is 2. The topological polar surface area (TPSA) is 63.4 Å². The van der Waals surface area contributed by atoms with Crippen LogP contribution in [0.3, 0.4) is 0 Å². The van der Waals surface area contributed by atoms with Gasteiger partial charge in [-0.2, -0.15) is 0 Å². The first-order valence-electron chi connectivity index (χ1n) is 9.10. The van der Waals surface area contributed by atoms with Crippen molar-refractivity contribution in [2.45, 2.75) is 12.8 Å². The minimum atomic E-state index is -0.222. The Morgan fingerprint density at radius 2 is 2.11 bits per heavy atom. The second-order valence-electron chi connectivity index (χ2n) is 6.53. The number of ether oxygens (including phenoxy) is 2. The highest BCUT2D eigenvalue weighted by Crippen LogP contribution is 2.29. The number of ketones is 1. The van der Waals surface area contributed by atoms with Crippen LogP contribution in [0.4, 0.5) is 4.39 Å². The van der Waals surface area contributed by atoms with E-state index in [9.17, 15) is 9.18 Å². The second-order valence-corrected chi connectivity index (χ2v) is 6.53. The molecule has 140 valence electrons. The summed E-state index contributed by atoms with van der Waals surface area (Å²) in [5.41, 5.74) is 2.67. The van der Waals surface area contributed by atoms with Crippen molar-refractivity contribution in [1.29, 1.82) is 0 Å². The average molecular weight is 368 g/mol. The molecule has 0 unspecified atom stereocenters. The molecule has 2 N–H and O–H groups in total. The molecular weight excluding hydrogens is 347 g/mol. The molecule has 1 aromatic heterocycles. The fourth-order valence-corrected chi connectivity index (χ4v) is 3.28. The number of carbonyl (C=O) groups is 1. The second kappa shape index (κ2) is 7.80. The van der Waals surface area contributed by atoms with Crippen molar-refractivity contribution in [3.63, 3.8) is 0 Å². The number of aromatic amines is 1. The first-order valence-corrected chi connectivity index (χ1v) is 9.10. The van der Waals surface area contributed by atoms with E-state index in [1.165, 1.54) is 6.07 Å². The van der Waals surface area contributed by atoms with Crippen molar-refractivity contribution in [3.8, 4) is 11.5 Å². The first-order chi connectivity index (χ1) is 13.2. The lowest BCUT2D eigenvalue weighted by molar-refractivity contribution is 0.0933. The number of halogens is 1. The molecule has 3 aromatic rings. The smallest absolute Gasteiger partial charge is 0.169 e. The van der Waals surface area contributed by atoms with Crippen molar-refractivity contribution >= 4 is 16.7 Å². The third kappa shape index (κ3) is 3.95. The summed E-state index contributed by atoms with van der Waals surface area (Å²) in [4.78, 5) is 14.9. The Bertz CT molecular complexity index is 967. The Morgan fingerprint density at radius 3 is 3.04 bits per heavy atom. The number of aromatic nitrogens is 1. The molecule has 2 aromatic carbocycles. The summed E-state index contributed by atoms with van der Waals surface area (Å²) in [6, 6.07) is 10.1. The Labute approximate surface area is 156 Å². The Morgan fingerprint density at radius 1 is 1.19 bits per heavy atom. The van der Waals surface area contributed by atoms with E-state index in [1.807, 2.05) is 6.20 Å². The van der Waals surface area contributed by atoms with E-state index in [1.54, 1.807) is 30.3 Å². The zero-order chi connectivity index (χ0) is 18.6. The molecule has 1 aliphatic rings. The SMILES string of the molecule is O=C1CCOc2cc(OCCNCCc3c[nH]c4ccc(F)cc34)ccc21. The number of H-pyrrole nitrogens is 1. The van der Waals surface area contributed by atoms with Crippen molar-refractivity contribution in [2.24, 2.45) is 0 Å². The summed E-state index contributed by atoms with van der Waals surface area (Å²) in [5, 5.41) is 4.25. The lowest BCUT2D eigenvalue weighted by Crippen LogP contribution is -2.23. The monoisotopic (exact) mass is 368 g/mol. The summed E-state index contributed by atoms with van der Waals surface area (Å²) in [7, 11) is 0. The maximum atomic E-state index is 13.4. The fourth-order valence-electron chi connectivity index (χ4n) is 3.28. The Kier molecular flexibility index (Phi) is 5.07. The first kappa shape index (κ1) is 17.5. The van der Waals surface area contributed by atoms with E-state index in [4.69, 9.17) is 9.47 Å². The van der Waals surface area contributed by atoms with Gasteiger partial charge in [0.15, 0.2) is 5.78 Å². The maximum Gasteiger partial charge on any atom is 0.169 e. The van der Waals surface area contributed by atoms with Gasteiger partial charge < -0.3 is 19.8 Å². The van der Waals surface area contributed by atoms with E-state index in [0.717, 1.165) is 29.4 Å². The maximum absolute atomic E-state index is 13.4. The van der Waals surface area contributed by atoms with Gasteiger partial charge in [-0.25, -0.2) is 4.39 Å². The number of nitrogens with one attached hydrogen (secondary N) is 2. The zero-order valence-corrected chi connectivity index (χ0v) is 14.9. The molecule has 0 saturated heterocycles. The predicted molar refractivity (Wildman–Crippen MR) is 101 cm³/mol. The average Bonchev–Trinajstić information content (AvgIpc) is 3.07. The molecule has 5 nitrogen and oxygen atoms in total. The van der Waals surface area contributed by atoms with E-state index in [-0.39, 0.29) is 11.6 Å². The molecule has 0 spiro atoms. The molecule has 0 saturated carbocycles. The number of hydrogen-bond acceptors (Lipinski definition) is 4. The van der Waals surface area contributed by atoms with Crippen LogP contribution >= 0.6 is 0 Å². The van der Waals surface area contributed by atoms with E-state index in [2.05, 4.69) is 10.3 Å². The highest BCUT2D eigenvalue weighted by molar-refractivity contribution is 5.99. The number of carbonyl (C=O) groups excluding carboxylic acids is 1. The van der Waals surface area contributed by atoms with Gasteiger partial charge in [-0.05, 0) is 48.9 Å². The molecule has 0 amide bonds. The fraction of sp³-hybridized carbons (Fsp3) is 0.286. The molecule has 0 fully saturated rings. The van der Waals surface area contributed by atoms with Crippen LogP contribution in [0.25, 0.3) is 10.9 Å². The number of Topliss-reactive ketones (excluding diaryl/α,β-unsaturated/α-hetero) is 1. The third-order valence-electron chi connectivity index (χ3n) is 4.69. The van der Waals surface area contributed by atoms with E-state index >= 15 is 0 Å². The van der Waals surface area contributed by atoms with Crippen molar-refractivity contribution in [3.05, 3.63) is 59.5 Å². The third-order valence-corrected chi connectivity index (χ3v) is 4.69. The minimum absolute atomic E-state index is 0.113. The molecule has 0 aliphatic carbocycles. The molecule has 1 aliphatic heterocycles. The molecule has 4 rings (SSSR count). The van der Waals surface area contributed by atoms with Crippen LogP contribution in [0.15, 0.2) is 42.6 Å². The van der Waals surface area contributed by atoms with Gasteiger partial charge in [-0.1, -0.05) is 0 Å².